The van der Waals surface area contributed by atoms with Gasteiger partial charge in [0.05, 0.1) is 28.4 Å². The zero-order valence-electron chi connectivity index (χ0n) is 17.3. The number of hydrogen-bond donors (Lipinski definition) is 2. The van der Waals surface area contributed by atoms with Crippen molar-refractivity contribution in [3.63, 3.8) is 0 Å². The van der Waals surface area contributed by atoms with Gasteiger partial charge in [-0.3, -0.25) is 9.89 Å². The van der Waals surface area contributed by atoms with Crippen molar-refractivity contribution in [1.82, 2.24) is 15.1 Å². The van der Waals surface area contributed by atoms with Gasteiger partial charge in [0.25, 0.3) is 5.91 Å². The molecule has 5 nitrogen and oxygen atoms in total. The summed E-state index contributed by atoms with van der Waals surface area (Å²) in [5, 5.41) is 19.8. The molecule has 1 unspecified atom stereocenters. The van der Waals surface area contributed by atoms with Crippen LogP contribution in [0.1, 0.15) is 48.7 Å². The molecule has 0 radical (unpaired) electrons. The number of nitrogens with zero attached hydrogens (tertiary/aromatic N) is 2. The Hall–Kier alpha value is -2.15. The molecule has 164 valence electrons. The molecule has 1 fully saturated rings. The predicted octanol–water partition coefficient (Wildman–Crippen LogP) is 5.62. The number of benzene rings is 2. The summed E-state index contributed by atoms with van der Waals surface area (Å²) in [6, 6.07) is 7.82. The first kappa shape index (κ1) is 22.1. The van der Waals surface area contributed by atoms with E-state index in [2.05, 4.69) is 10.2 Å². The van der Waals surface area contributed by atoms with Gasteiger partial charge in [0, 0.05) is 29.1 Å². The molecule has 1 aliphatic heterocycles. The van der Waals surface area contributed by atoms with Gasteiger partial charge in [-0.05, 0) is 48.4 Å². The lowest BCUT2D eigenvalue weighted by atomic mass is 9.68. The van der Waals surface area contributed by atoms with Crippen molar-refractivity contribution in [2.45, 2.75) is 32.8 Å². The Morgan fingerprint density at radius 2 is 2.00 bits per heavy atom. The van der Waals surface area contributed by atoms with Crippen LogP contribution in [0.15, 0.2) is 36.5 Å². The number of rotatable bonds is 4. The smallest absolute Gasteiger partial charge is 0.258 e. The second-order valence-corrected chi connectivity index (χ2v) is 9.56. The van der Waals surface area contributed by atoms with E-state index in [-0.39, 0.29) is 16.5 Å². The summed E-state index contributed by atoms with van der Waals surface area (Å²) in [6.45, 7) is 4.99. The number of aliphatic hydroxyl groups is 1. The van der Waals surface area contributed by atoms with E-state index in [0.717, 1.165) is 10.9 Å². The summed E-state index contributed by atoms with van der Waals surface area (Å²) >= 11 is 12.3. The van der Waals surface area contributed by atoms with Crippen LogP contribution in [0, 0.1) is 17.2 Å². The summed E-state index contributed by atoms with van der Waals surface area (Å²) in [4.78, 5) is 14.5. The zero-order chi connectivity index (χ0) is 22.3. The van der Waals surface area contributed by atoms with Crippen molar-refractivity contribution in [1.29, 1.82) is 0 Å². The van der Waals surface area contributed by atoms with Crippen LogP contribution in [0.5, 0.6) is 0 Å². The van der Waals surface area contributed by atoms with E-state index in [4.69, 9.17) is 23.2 Å². The molecule has 1 aliphatic rings. The van der Waals surface area contributed by atoms with E-state index >= 15 is 0 Å². The minimum Gasteiger partial charge on any atom is -0.388 e. The molecular formula is C23H24Cl2FN3O2. The lowest BCUT2D eigenvalue weighted by Gasteiger charge is -2.43. The normalized spacial score (nSPS) is 16.6. The average molecular weight is 464 g/mol. The fraction of sp³-hybridized carbons (Fsp3) is 0.391. The monoisotopic (exact) mass is 463 g/mol. The Kier molecular flexibility index (Phi) is 5.99. The molecule has 31 heavy (non-hydrogen) atoms. The fourth-order valence-corrected chi connectivity index (χ4v) is 5.05. The van der Waals surface area contributed by atoms with Gasteiger partial charge in [-0.25, -0.2) is 4.39 Å². The third-order valence-electron chi connectivity index (χ3n) is 6.55. The van der Waals surface area contributed by atoms with Crippen LogP contribution in [0.4, 0.5) is 4.39 Å². The summed E-state index contributed by atoms with van der Waals surface area (Å²) in [5.74, 6) is -0.853. The number of piperidine rings is 1. The van der Waals surface area contributed by atoms with E-state index in [1.165, 1.54) is 18.2 Å². The van der Waals surface area contributed by atoms with Gasteiger partial charge in [0.15, 0.2) is 0 Å². The molecule has 2 heterocycles. The van der Waals surface area contributed by atoms with E-state index in [1.54, 1.807) is 17.2 Å². The SMILES string of the molecule is CC(C)(C1CCN(C(=O)c2c(F)cccc2Cl)CC1)C(O)c1cc(Cl)cc2cn[nH]c12. The van der Waals surface area contributed by atoms with Crippen LogP contribution >= 0.6 is 23.2 Å². The van der Waals surface area contributed by atoms with Crippen molar-refractivity contribution < 1.29 is 14.3 Å². The lowest BCUT2D eigenvalue weighted by Crippen LogP contribution is -2.44. The molecule has 0 saturated carbocycles. The Labute approximate surface area is 190 Å². The van der Waals surface area contributed by atoms with Crippen molar-refractivity contribution in [2.75, 3.05) is 13.1 Å². The van der Waals surface area contributed by atoms with Gasteiger partial charge in [-0.2, -0.15) is 5.10 Å². The highest BCUT2D eigenvalue weighted by Gasteiger charge is 2.40. The standard InChI is InChI=1S/C23H24Cl2FN3O2/c1-23(2,21(30)16-11-15(24)10-13-12-27-28-20(13)16)14-6-8-29(9-7-14)22(31)19-17(25)4-3-5-18(19)26/h3-5,10-12,14,21,30H,6-9H2,1-2H3,(H,27,28). The van der Waals surface area contributed by atoms with E-state index in [1.807, 2.05) is 19.9 Å². The molecule has 1 aromatic heterocycles. The van der Waals surface area contributed by atoms with E-state index in [0.29, 0.717) is 36.5 Å². The van der Waals surface area contributed by atoms with Gasteiger partial charge in [-0.15, -0.1) is 0 Å². The Balaban J connectivity index is 1.51. The molecule has 1 saturated heterocycles. The Morgan fingerprint density at radius 3 is 2.68 bits per heavy atom. The molecule has 8 heteroatoms. The number of fused-ring (bicyclic) bond motifs is 1. The topological polar surface area (TPSA) is 69.2 Å². The first-order valence-electron chi connectivity index (χ1n) is 10.2. The maximum absolute atomic E-state index is 14.2. The fourth-order valence-electron chi connectivity index (χ4n) is 4.57. The number of halogens is 3. The number of aromatic amines is 1. The minimum absolute atomic E-state index is 0.0810. The van der Waals surface area contributed by atoms with Gasteiger partial charge in [0.2, 0.25) is 0 Å². The Bertz CT molecular complexity index is 1100. The highest BCUT2D eigenvalue weighted by molar-refractivity contribution is 6.33. The van der Waals surface area contributed by atoms with Gasteiger partial charge < -0.3 is 10.0 Å². The van der Waals surface area contributed by atoms with Crippen molar-refractivity contribution in [2.24, 2.45) is 11.3 Å². The second kappa shape index (κ2) is 8.41. The largest absolute Gasteiger partial charge is 0.388 e. The molecule has 3 aromatic rings. The number of carbonyl (C=O) groups excluding carboxylic acids is 1. The number of hydrogen-bond acceptors (Lipinski definition) is 3. The highest BCUT2D eigenvalue weighted by atomic mass is 35.5. The number of nitrogens with one attached hydrogen (secondary N) is 1. The maximum atomic E-state index is 14.2. The predicted molar refractivity (Wildman–Crippen MR) is 120 cm³/mol. The number of H-pyrrole nitrogens is 1. The quantitative estimate of drug-likeness (QED) is 0.527. The summed E-state index contributed by atoms with van der Waals surface area (Å²) in [6.07, 6.45) is 2.29. The van der Waals surface area contributed by atoms with Crippen LogP contribution in [0.3, 0.4) is 0 Å². The zero-order valence-corrected chi connectivity index (χ0v) is 18.8. The molecule has 4 rings (SSSR count). The minimum atomic E-state index is -0.776. The number of carbonyl (C=O) groups is 1. The summed E-state index contributed by atoms with van der Waals surface area (Å²) in [5.41, 5.74) is 0.920. The molecule has 2 aromatic carbocycles. The molecule has 1 atom stereocenters. The molecule has 0 bridgehead atoms. The van der Waals surface area contributed by atoms with Gasteiger partial charge in [0.1, 0.15) is 5.82 Å². The van der Waals surface area contributed by atoms with E-state index < -0.39 is 23.2 Å². The third kappa shape index (κ3) is 4.04. The Morgan fingerprint density at radius 1 is 1.29 bits per heavy atom. The number of aliphatic hydroxyl groups excluding tert-OH is 1. The van der Waals surface area contributed by atoms with Crippen molar-refractivity contribution in [3.8, 4) is 0 Å². The number of amides is 1. The molecule has 0 spiro atoms. The lowest BCUT2D eigenvalue weighted by molar-refractivity contribution is -0.0165. The average Bonchev–Trinajstić information content (AvgIpc) is 3.20. The third-order valence-corrected chi connectivity index (χ3v) is 7.09. The van der Waals surface area contributed by atoms with Crippen molar-refractivity contribution in [3.05, 3.63) is 63.5 Å². The second-order valence-electron chi connectivity index (χ2n) is 8.72. The van der Waals surface area contributed by atoms with Gasteiger partial charge >= 0.3 is 0 Å². The maximum Gasteiger partial charge on any atom is 0.258 e. The summed E-state index contributed by atoms with van der Waals surface area (Å²) < 4.78 is 14.2. The van der Waals surface area contributed by atoms with Crippen LogP contribution in [0.2, 0.25) is 10.0 Å². The molecule has 2 N–H and O–H groups in total. The van der Waals surface area contributed by atoms with E-state index in [9.17, 15) is 14.3 Å². The molecular weight excluding hydrogens is 440 g/mol. The first-order chi connectivity index (χ1) is 14.7. The van der Waals surface area contributed by atoms with Crippen LogP contribution in [-0.2, 0) is 0 Å². The first-order valence-corrected chi connectivity index (χ1v) is 11.0. The van der Waals surface area contributed by atoms with Crippen LogP contribution in [-0.4, -0.2) is 39.2 Å². The van der Waals surface area contributed by atoms with Gasteiger partial charge in [-0.1, -0.05) is 43.1 Å². The van der Waals surface area contributed by atoms with Crippen LogP contribution in [0.25, 0.3) is 10.9 Å². The van der Waals surface area contributed by atoms with Crippen LogP contribution < -0.4 is 0 Å². The number of likely N-dealkylation sites (tertiary alicyclic amines) is 1. The molecule has 0 aliphatic carbocycles. The number of aromatic nitrogens is 2. The highest BCUT2D eigenvalue weighted by Crippen LogP contribution is 2.46. The van der Waals surface area contributed by atoms with Crippen molar-refractivity contribution >= 4 is 40.0 Å². The molecule has 1 amide bonds. The summed E-state index contributed by atoms with van der Waals surface area (Å²) in [7, 11) is 0.